The molecule has 0 radical (unpaired) electrons. The highest BCUT2D eigenvalue weighted by atomic mass is 16.6. The number of rotatable bonds is 3. The van der Waals surface area contributed by atoms with Gasteiger partial charge in [-0.05, 0) is 63.6 Å². The second-order valence-electron chi connectivity index (χ2n) is 6.83. The highest BCUT2D eigenvalue weighted by Gasteiger charge is 2.26. The molecule has 1 saturated heterocycles. The molecule has 0 atom stereocenters. The van der Waals surface area contributed by atoms with E-state index in [4.69, 9.17) is 4.74 Å². The van der Waals surface area contributed by atoms with E-state index in [2.05, 4.69) is 17.1 Å². The molecular weight excluding hydrogens is 276 g/mol. The van der Waals surface area contributed by atoms with E-state index in [-0.39, 0.29) is 6.09 Å². The standard InChI is InChI=1S/C18H26N2O2/c1-18(2,3)22-17(21)20-13-9-16(10-14-20)6-4-5-15-7-11-19-12-8-15/h4-5,7-8,11-12,16H,6,9-10,13-14H2,1-3H3/b5-4-. The molecule has 0 aliphatic carbocycles. The lowest BCUT2D eigenvalue weighted by atomic mass is 9.93. The topological polar surface area (TPSA) is 42.4 Å². The Morgan fingerprint density at radius 1 is 1.32 bits per heavy atom. The quantitative estimate of drug-likeness (QED) is 0.843. The average molecular weight is 302 g/mol. The number of carbonyl (C=O) groups excluding carboxylic acids is 1. The zero-order chi connectivity index (χ0) is 16.0. The van der Waals surface area contributed by atoms with Crippen LogP contribution in [0.3, 0.4) is 0 Å². The molecule has 2 rings (SSSR count). The minimum atomic E-state index is -0.415. The number of hydrogen-bond acceptors (Lipinski definition) is 3. The summed E-state index contributed by atoms with van der Waals surface area (Å²) in [6.45, 7) is 7.30. The third-order valence-electron chi connectivity index (χ3n) is 3.75. The lowest BCUT2D eigenvalue weighted by molar-refractivity contribution is 0.0185. The van der Waals surface area contributed by atoms with Gasteiger partial charge in [-0.1, -0.05) is 12.2 Å². The van der Waals surface area contributed by atoms with Gasteiger partial charge in [0.2, 0.25) is 0 Å². The SMILES string of the molecule is CC(C)(C)OC(=O)N1CCC(C/C=C\c2ccncc2)CC1. The summed E-state index contributed by atoms with van der Waals surface area (Å²) >= 11 is 0. The monoisotopic (exact) mass is 302 g/mol. The van der Waals surface area contributed by atoms with E-state index in [1.54, 1.807) is 12.4 Å². The highest BCUT2D eigenvalue weighted by Crippen LogP contribution is 2.23. The van der Waals surface area contributed by atoms with Crippen molar-refractivity contribution in [2.24, 2.45) is 5.92 Å². The van der Waals surface area contributed by atoms with Crippen LogP contribution in [0.1, 0.15) is 45.6 Å². The Bertz CT molecular complexity index is 498. The Morgan fingerprint density at radius 2 is 1.95 bits per heavy atom. The summed E-state index contributed by atoms with van der Waals surface area (Å²) in [5, 5.41) is 0. The smallest absolute Gasteiger partial charge is 0.410 e. The predicted molar refractivity (Wildman–Crippen MR) is 88.4 cm³/mol. The van der Waals surface area contributed by atoms with E-state index in [0.29, 0.717) is 5.92 Å². The minimum absolute atomic E-state index is 0.182. The van der Waals surface area contributed by atoms with Crippen LogP contribution in [0.15, 0.2) is 30.6 Å². The van der Waals surface area contributed by atoms with Crippen molar-refractivity contribution in [1.29, 1.82) is 0 Å². The number of hydrogen-bond donors (Lipinski definition) is 0. The second kappa shape index (κ2) is 7.43. The zero-order valence-corrected chi connectivity index (χ0v) is 13.8. The highest BCUT2D eigenvalue weighted by molar-refractivity contribution is 5.68. The molecule has 4 nitrogen and oxygen atoms in total. The molecule has 1 amide bonds. The number of carbonyl (C=O) groups is 1. The van der Waals surface area contributed by atoms with Crippen molar-refractivity contribution in [3.8, 4) is 0 Å². The first kappa shape index (κ1) is 16.5. The Labute approximate surface area is 133 Å². The third kappa shape index (κ3) is 5.51. The molecule has 1 aliphatic heterocycles. The molecule has 22 heavy (non-hydrogen) atoms. The van der Waals surface area contributed by atoms with Gasteiger partial charge in [0, 0.05) is 25.5 Å². The van der Waals surface area contributed by atoms with Crippen molar-refractivity contribution in [1.82, 2.24) is 9.88 Å². The van der Waals surface area contributed by atoms with Crippen LogP contribution < -0.4 is 0 Å². The number of aromatic nitrogens is 1. The van der Waals surface area contributed by atoms with Crippen LogP contribution in [-0.2, 0) is 4.74 Å². The summed E-state index contributed by atoms with van der Waals surface area (Å²) in [5.74, 6) is 0.650. The van der Waals surface area contributed by atoms with Gasteiger partial charge in [0.1, 0.15) is 5.60 Å². The fourth-order valence-corrected chi connectivity index (χ4v) is 2.55. The molecule has 4 heteroatoms. The van der Waals surface area contributed by atoms with Crippen LogP contribution in [0.25, 0.3) is 6.08 Å². The molecule has 2 heterocycles. The summed E-state index contributed by atoms with van der Waals surface area (Å²) < 4.78 is 5.42. The summed E-state index contributed by atoms with van der Waals surface area (Å²) in [6.07, 6.45) is 10.9. The summed E-state index contributed by atoms with van der Waals surface area (Å²) in [4.78, 5) is 17.8. The molecule has 0 aromatic carbocycles. The van der Waals surface area contributed by atoms with Crippen LogP contribution in [0.2, 0.25) is 0 Å². The number of ether oxygens (including phenoxy) is 1. The summed E-state index contributed by atoms with van der Waals surface area (Å²) in [5.41, 5.74) is 0.766. The van der Waals surface area contributed by atoms with Crippen LogP contribution in [0.4, 0.5) is 4.79 Å². The number of pyridine rings is 1. The fourth-order valence-electron chi connectivity index (χ4n) is 2.55. The fraction of sp³-hybridized carbons (Fsp3) is 0.556. The molecule has 1 aliphatic rings. The molecule has 1 aromatic rings. The van der Waals surface area contributed by atoms with Crippen LogP contribution in [-0.4, -0.2) is 34.7 Å². The predicted octanol–water partition coefficient (Wildman–Crippen LogP) is 4.13. The first-order chi connectivity index (χ1) is 10.4. The number of allylic oxidation sites excluding steroid dienone is 1. The second-order valence-corrected chi connectivity index (χ2v) is 6.83. The van der Waals surface area contributed by atoms with Crippen molar-refractivity contribution in [3.05, 3.63) is 36.2 Å². The Balaban J connectivity index is 1.73. The summed E-state index contributed by atoms with van der Waals surface area (Å²) in [7, 11) is 0. The maximum Gasteiger partial charge on any atom is 0.410 e. The first-order valence-electron chi connectivity index (χ1n) is 7.98. The molecule has 0 N–H and O–H groups in total. The van der Waals surface area contributed by atoms with Gasteiger partial charge in [0.05, 0.1) is 0 Å². The third-order valence-corrected chi connectivity index (χ3v) is 3.75. The van der Waals surface area contributed by atoms with E-state index >= 15 is 0 Å². The molecule has 1 fully saturated rings. The normalized spacial score (nSPS) is 17.0. The van der Waals surface area contributed by atoms with Gasteiger partial charge in [-0.3, -0.25) is 4.98 Å². The molecule has 120 valence electrons. The molecule has 0 spiro atoms. The molecule has 0 bridgehead atoms. The Morgan fingerprint density at radius 3 is 2.55 bits per heavy atom. The zero-order valence-electron chi connectivity index (χ0n) is 13.8. The lowest BCUT2D eigenvalue weighted by Gasteiger charge is -2.33. The first-order valence-corrected chi connectivity index (χ1v) is 7.98. The molecule has 1 aromatic heterocycles. The van der Waals surface area contributed by atoms with Gasteiger partial charge < -0.3 is 9.64 Å². The average Bonchev–Trinajstić information content (AvgIpc) is 2.47. The molecule has 0 unspecified atom stereocenters. The van der Waals surface area contributed by atoms with E-state index in [1.165, 1.54) is 5.56 Å². The Hall–Kier alpha value is -1.84. The van der Waals surface area contributed by atoms with Gasteiger partial charge in [0.15, 0.2) is 0 Å². The molecular formula is C18H26N2O2. The maximum absolute atomic E-state index is 12.0. The van der Waals surface area contributed by atoms with Crippen LogP contribution >= 0.6 is 0 Å². The van der Waals surface area contributed by atoms with Gasteiger partial charge in [0.25, 0.3) is 0 Å². The van der Waals surface area contributed by atoms with E-state index < -0.39 is 5.60 Å². The minimum Gasteiger partial charge on any atom is -0.444 e. The Kier molecular flexibility index (Phi) is 5.58. The number of piperidine rings is 1. The molecule has 0 saturated carbocycles. The summed E-state index contributed by atoms with van der Waals surface area (Å²) in [6, 6.07) is 4.00. The number of nitrogens with zero attached hydrogens (tertiary/aromatic N) is 2. The lowest BCUT2D eigenvalue weighted by Crippen LogP contribution is -2.41. The van der Waals surface area contributed by atoms with Crippen molar-refractivity contribution in [2.45, 2.75) is 45.6 Å². The van der Waals surface area contributed by atoms with Crippen molar-refractivity contribution in [2.75, 3.05) is 13.1 Å². The van der Waals surface area contributed by atoms with E-state index in [0.717, 1.165) is 32.4 Å². The van der Waals surface area contributed by atoms with Gasteiger partial charge in [-0.25, -0.2) is 4.79 Å². The van der Waals surface area contributed by atoms with Gasteiger partial charge in [-0.2, -0.15) is 0 Å². The maximum atomic E-state index is 12.0. The number of likely N-dealkylation sites (tertiary alicyclic amines) is 1. The van der Waals surface area contributed by atoms with Crippen molar-refractivity contribution < 1.29 is 9.53 Å². The number of amides is 1. The largest absolute Gasteiger partial charge is 0.444 e. The van der Waals surface area contributed by atoms with Crippen LogP contribution in [0, 0.1) is 5.92 Å². The van der Waals surface area contributed by atoms with Gasteiger partial charge in [-0.15, -0.1) is 0 Å². The van der Waals surface area contributed by atoms with E-state index in [9.17, 15) is 4.79 Å². The van der Waals surface area contributed by atoms with Crippen molar-refractivity contribution >= 4 is 12.2 Å². The van der Waals surface area contributed by atoms with Crippen molar-refractivity contribution in [3.63, 3.8) is 0 Å². The van der Waals surface area contributed by atoms with Gasteiger partial charge >= 0.3 is 6.09 Å². The van der Waals surface area contributed by atoms with E-state index in [1.807, 2.05) is 37.8 Å². The van der Waals surface area contributed by atoms with Crippen LogP contribution in [0.5, 0.6) is 0 Å².